The second kappa shape index (κ2) is 7.25. The predicted molar refractivity (Wildman–Crippen MR) is 89.2 cm³/mol. The SMILES string of the molecule is O=C(Cc1coc(-c2ccc(Cl)cc2)n1)NC1(C(=O)O)CCOCC1. The van der Waals surface area contributed by atoms with Crippen LogP contribution in [0.1, 0.15) is 18.5 Å². The van der Waals surface area contributed by atoms with Crippen LogP contribution in [0.15, 0.2) is 34.9 Å². The number of carbonyl (C=O) groups excluding carboxylic acids is 1. The molecule has 1 amide bonds. The molecule has 0 unspecified atom stereocenters. The maximum atomic E-state index is 12.3. The predicted octanol–water partition coefficient (Wildman–Crippen LogP) is 2.29. The van der Waals surface area contributed by atoms with Crippen molar-refractivity contribution in [2.45, 2.75) is 24.8 Å². The number of oxazole rings is 1. The molecule has 8 heteroatoms. The third-order valence-corrected chi connectivity index (χ3v) is 4.37. The smallest absolute Gasteiger partial charge is 0.329 e. The van der Waals surface area contributed by atoms with Crippen molar-refractivity contribution in [2.75, 3.05) is 13.2 Å². The number of hydrogen-bond donors (Lipinski definition) is 2. The first kappa shape index (κ1) is 17.4. The Morgan fingerprint density at radius 3 is 2.56 bits per heavy atom. The number of nitrogens with zero attached hydrogens (tertiary/aromatic N) is 1. The summed E-state index contributed by atoms with van der Waals surface area (Å²) in [5.41, 5.74) is -0.115. The molecular weight excluding hydrogens is 348 g/mol. The fourth-order valence-electron chi connectivity index (χ4n) is 2.70. The second-order valence-corrected chi connectivity index (χ2v) is 6.31. The summed E-state index contributed by atoms with van der Waals surface area (Å²) in [4.78, 5) is 28.1. The average molecular weight is 365 g/mol. The molecule has 0 saturated carbocycles. The molecule has 2 N–H and O–H groups in total. The first-order valence-corrected chi connectivity index (χ1v) is 8.19. The van der Waals surface area contributed by atoms with E-state index in [0.29, 0.717) is 29.8 Å². The molecule has 132 valence electrons. The van der Waals surface area contributed by atoms with Crippen LogP contribution in [-0.2, 0) is 20.7 Å². The highest BCUT2D eigenvalue weighted by Crippen LogP contribution is 2.23. The maximum absolute atomic E-state index is 12.3. The average Bonchev–Trinajstić information content (AvgIpc) is 3.04. The number of amides is 1. The van der Waals surface area contributed by atoms with E-state index in [-0.39, 0.29) is 19.3 Å². The first-order valence-electron chi connectivity index (χ1n) is 7.81. The summed E-state index contributed by atoms with van der Waals surface area (Å²) in [7, 11) is 0. The monoisotopic (exact) mass is 364 g/mol. The zero-order chi connectivity index (χ0) is 17.9. The third-order valence-electron chi connectivity index (χ3n) is 4.12. The molecule has 1 aliphatic heterocycles. The van der Waals surface area contributed by atoms with E-state index in [1.54, 1.807) is 24.3 Å². The van der Waals surface area contributed by atoms with Gasteiger partial charge in [0.05, 0.1) is 12.1 Å². The number of benzene rings is 1. The number of hydrogen-bond acceptors (Lipinski definition) is 5. The Labute approximate surface area is 149 Å². The van der Waals surface area contributed by atoms with E-state index in [1.807, 2.05) is 0 Å². The number of nitrogens with one attached hydrogen (secondary N) is 1. The van der Waals surface area contributed by atoms with Crippen molar-refractivity contribution in [2.24, 2.45) is 0 Å². The standard InChI is InChI=1S/C17H17ClN2O5/c18-12-3-1-11(2-4-12)15-19-13(10-25-15)9-14(21)20-17(16(22)23)5-7-24-8-6-17/h1-4,10H,5-9H2,(H,20,21)(H,22,23). The van der Waals surface area contributed by atoms with Crippen LogP contribution in [0.4, 0.5) is 0 Å². The lowest BCUT2D eigenvalue weighted by Gasteiger charge is -2.33. The van der Waals surface area contributed by atoms with Crippen molar-refractivity contribution in [3.05, 3.63) is 41.2 Å². The molecule has 0 aliphatic carbocycles. The topological polar surface area (TPSA) is 102 Å². The number of carboxylic acids is 1. The van der Waals surface area contributed by atoms with Gasteiger partial charge in [-0.3, -0.25) is 4.79 Å². The number of ether oxygens (including phenoxy) is 1. The highest BCUT2D eigenvalue weighted by Gasteiger charge is 2.41. The van der Waals surface area contributed by atoms with Crippen molar-refractivity contribution >= 4 is 23.5 Å². The Bertz CT molecular complexity index is 766. The molecule has 1 aromatic heterocycles. The number of aliphatic carboxylic acids is 1. The van der Waals surface area contributed by atoms with Crippen molar-refractivity contribution in [1.29, 1.82) is 0 Å². The number of halogens is 1. The van der Waals surface area contributed by atoms with E-state index in [1.165, 1.54) is 6.26 Å². The van der Waals surface area contributed by atoms with Crippen LogP contribution in [0.2, 0.25) is 5.02 Å². The first-order chi connectivity index (χ1) is 12.0. The van der Waals surface area contributed by atoms with Crippen LogP contribution in [0.25, 0.3) is 11.5 Å². The Morgan fingerprint density at radius 2 is 1.92 bits per heavy atom. The van der Waals surface area contributed by atoms with E-state index >= 15 is 0 Å². The normalized spacial score (nSPS) is 16.4. The van der Waals surface area contributed by atoms with Gasteiger partial charge in [0.25, 0.3) is 0 Å². The Morgan fingerprint density at radius 1 is 1.24 bits per heavy atom. The minimum atomic E-state index is -1.28. The van der Waals surface area contributed by atoms with Gasteiger partial charge in [-0.05, 0) is 24.3 Å². The van der Waals surface area contributed by atoms with Crippen LogP contribution < -0.4 is 5.32 Å². The summed E-state index contributed by atoms with van der Waals surface area (Å²) in [5.74, 6) is -1.09. The molecular formula is C17H17ClN2O5. The lowest BCUT2D eigenvalue weighted by Crippen LogP contribution is -2.57. The van der Waals surface area contributed by atoms with Gasteiger partial charge in [0.2, 0.25) is 11.8 Å². The van der Waals surface area contributed by atoms with Gasteiger partial charge in [-0.25, -0.2) is 9.78 Å². The number of rotatable bonds is 5. The fourth-order valence-corrected chi connectivity index (χ4v) is 2.83. The lowest BCUT2D eigenvalue weighted by molar-refractivity contribution is -0.152. The van der Waals surface area contributed by atoms with E-state index in [9.17, 15) is 14.7 Å². The Kier molecular flexibility index (Phi) is 5.06. The molecule has 1 saturated heterocycles. The Balaban J connectivity index is 1.67. The summed E-state index contributed by atoms with van der Waals surface area (Å²) in [6.07, 6.45) is 1.81. The molecule has 0 spiro atoms. The number of carboxylic acid groups (broad SMARTS) is 1. The van der Waals surface area contributed by atoms with Gasteiger partial charge in [0.15, 0.2) is 0 Å². The summed E-state index contributed by atoms with van der Waals surface area (Å²) in [5, 5.41) is 12.7. The number of aromatic nitrogens is 1. The highest BCUT2D eigenvalue weighted by molar-refractivity contribution is 6.30. The second-order valence-electron chi connectivity index (χ2n) is 5.88. The van der Waals surface area contributed by atoms with Gasteiger partial charge in [0.1, 0.15) is 11.8 Å². The van der Waals surface area contributed by atoms with Gasteiger partial charge < -0.3 is 19.6 Å². The number of carbonyl (C=O) groups is 2. The van der Waals surface area contributed by atoms with Gasteiger partial charge in [0, 0.05) is 36.6 Å². The largest absolute Gasteiger partial charge is 0.480 e. The highest BCUT2D eigenvalue weighted by atomic mass is 35.5. The minimum Gasteiger partial charge on any atom is -0.480 e. The zero-order valence-corrected chi connectivity index (χ0v) is 14.1. The molecule has 3 rings (SSSR count). The summed E-state index contributed by atoms with van der Waals surface area (Å²) in [6.45, 7) is 0.606. The van der Waals surface area contributed by atoms with E-state index in [4.69, 9.17) is 20.8 Å². The van der Waals surface area contributed by atoms with Crippen molar-refractivity contribution in [3.63, 3.8) is 0 Å². The van der Waals surface area contributed by atoms with E-state index < -0.39 is 17.4 Å². The van der Waals surface area contributed by atoms with Crippen LogP contribution >= 0.6 is 11.6 Å². The van der Waals surface area contributed by atoms with Crippen LogP contribution in [0, 0.1) is 0 Å². The molecule has 2 heterocycles. The van der Waals surface area contributed by atoms with Gasteiger partial charge in [-0.2, -0.15) is 0 Å². The molecule has 0 radical (unpaired) electrons. The van der Waals surface area contributed by atoms with Crippen molar-refractivity contribution in [1.82, 2.24) is 10.3 Å². The molecule has 7 nitrogen and oxygen atoms in total. The summed E-state index contributed by atoms with van der Waals surface area (Å²) < 4.78 is 10.6. The van der Waals surface area contributed by atoms with Crippen LogP contribution in [0.3, 0.4) is 0 Å². The summed E-state index contributed by atoms with van der Waals surface area (Å²) >= 11 is 5.84. The van der Waals surface area contributed by atoms with Crippen molar-refractivity contribution < 1.29 is 23.8 Å². The molecule has 1 fully saturated rings. The van der Waals surface area contributed by atoms with E-state index in [0.717, 1.165) is 5.56 Å². The van der Waals surface area contributed by atoms with Gasteiger partial charge >= 0.3 is 5.97 Å². The van der Waals surface area contributed by atoms with Crippen molar-refractivity contribution in [3.8, 4) is 11.5 Å². The maximum Gasteiger partial charge on any atom is 0.329 e. The molecule has 25 heavy (non-hydrogen) atoms. The van der Waals surface area contributed by atoms with E-state index in [2.05, 4.69) is 10.3 Å². The minimum absolute atomic E-state index is 0.0625. The lowest BCUT2D eigenvalue weighted by atomic mass is 9.90. The molecule has 0 atom stereocenters. The Hall–Kier alpha value is -2.38. The molecule has 1 aliphatic rings. The van der Waals surface area contributed by atoms with Gasteiger partial charge in [-0.1, -0.05) is 11.6 Å². The molecule has 1 aromatic carbocycles. The van der Waals surface area contributed by atoms with Crippen LogP contribution in [0.5, 0.6) is 0 Å². The summed E-state index contributed by atoms with van der Waals surface area (Å²) in [6, 6.07) is 6.96. The fraction of sp³-hybridized carbons (Fsp3) is 0.353. The van der Waals surface area contributed by atoms with Gasteiger partial charge in [-0.15, -0.1) is 0 Å². The molecule has 2 aromatic rings. The third kappa shape index (κ3) is 4.00. The molecule has 0 bridgehead atoms. The van der Waals surface area contributed by atoms with Crippen LogP contribution in [-0.4, -0.2) is 40.7 Å². The quantitative estimate of drug-likeness (QED) is 0.844. The zero-order valence-electron chi connectivity index (χ0n) is 13.3.